The lowest BCUT2D eigenvalue weighted by Gasteiger charge is -2.02. The molecule has 0 bridgehead atoms. The minimum absolute atomic E-state index is 0.251. The van der Waals surface area contributed by atoms with E-state index in [1.807, 2.05) is 42.5 Å². The number of carbonyl (C=O) groups excluding carboxylic acids is 1. The van der Waals surface area contributed by atoms with Crippen molar-refractivity contribution in [2.24, 2.45) is 4.99 Å². The third-order valence-electron chi connectivity index (χ3n) is 3.94. The molecule has 0 aliphatic carbocycles. The van der Waals surface area contributed by atoms with Crippen molar-refractivity contribution in [3.05, 3.63) is 87.5 Å². The van der Waals surface area contributed by atoms with Gasteiger partial charge in [-0.25, -0.2) is 4.99 Å². The molecule has 0 spiro atoms. The Morgan fingerprint density at radius 1 is 1.11 bits per heavy atom. The highest BCUT2D eigenvalue weighted by atomic mass is 32.2. The molecule has 0 saturated carbocycles. The molecule has 1 N–H and O–H groups in total. The molecule has 2 heterocycles. The van der Waals surface area contributed by atoms with Gasteiger partial charge in [0.1, 0.15) is 10.7 Å². The number of fused-ring (bicyclic) bond motifs is 1. The minimum atomic E-state index is -0.605. The summed E-state index contributed by atoms with van der Waals surface area (Å²) in [7, 11) is 0. The van der Waals surface area contributed by atoms with Crippen LogP contribution in [-0.2, 0) is 4.79 Å². The fourth-order valence-corrected chi connectivity index (χ4v) is 3.46. The van der Waals surface area contributed by atoms with Crippen LogP contribution in [0.3, 0.4) is 0 Å². The lowest BCUT2D eigenvalue weighted by Crippen LogP contribution is -2.19. The van der Waals surface area contributed by atoms with Gasteiger partial charge in [-0.1, -0.05) is 42.5 Å². The molecule has 138 valence electrons. The van der Waals surface area contributed by atoms with Gasteiger partial charge in [0, 0.05) is 5.39 Å². The Hall–Kier alpha value is -3.65. The van der Waals surface area contributed by atoms with E-state index in [1.54, 1.807) is 18.2 Å². The number of hydrogen-bond acceptors (Lipinski definition) is 6. The van der Waals surface area contributed by atoms with Gasteiger partial charge >= 0.3 is 5.88 Å². The highest BCUT2D eigenvalue weighted by molar-refractivity contribution is 8.18. The number of thioether (sulfide) groups is 1. The predicted octanol–water partition coefficient (Wildman–Crippen LogP) is 4.79. The fraction of sp³-hybridized carbons (Fsp3) is 0. The average molecular weight is 391 g/mol. The van der Waals surface area contributed by atoms with Crippen LogP contribution >= 0.6 is 11.8 Å². The molecule has 1 aliphatic rings. The summed E-state index contributed by atoms with van der Waals surface area (Å²) in [4.78, 5) is 27.2. The van der Waals surface area contributed by atoms with Crippen LogP contribution in [-0.4, -0.2) is 16.0 Å². The molecule has 1 saturated heterocycles. The van der Waals surface area contributed by atoms with Crippen LogP contribution in [0.5, 0.6) is 0 Å². The zero-order valence-electron chi connectivity index (χ0n) is 14.4. The van der Waals surface area contributed by atoms with Crippen molar-refractivity contribution in [1.82, 2.24) is 5.32 Å². The van der Waals surface area contributed by atoms with E-state index in [-0.39, 0.29) is 11.8 Å². The van der Waals surface area contributed by atoms with Crippen LogP contribution in [0.25, 0.3) is 16.8 Å². The summed E-state index contributed by atoms with van der Waals surface area (Å²) in [5.74, 6) is -0.250. The minimum Gasteiger partial charge on any atom is -0.401 e. The SMILES string of the molecule is O=C1NC(=Nc2cccc3ccccc23)S/C1=C\C=C\c1ccc([N+](=O)[O-])o1. The summed E-state index contributed by atoms with van der Waals surface area (Å²) in [6.07, 6.45) is 4.76. The Morgan fingerprint density at radius 3 is 2.75 bits per heavy atom. The molecule has 7 nitrogen and oxygen atoms in total. The van der Waals surface area contributed by atoms with Crippen molar-refractivity contribution in [2.45, 2.75) is 0 Å². The third kappa shape index (κ3) is 3.72. The van der Waals surface area contributed by atoms with Crippen LogP contribution in [0.2, 0.25) is 0 Å². The van der Waals surface area contributed by atoms with Crippen LogP contribution < -0.4 is 5.32 Å². The highest BCUT2D eigenvalue weighted by Gasteiger charge is 2.23. The Morgan fingerprint density at radius 2 is 1.93 bits per heavy atom. The zero-order valence-corrected chi connectivity index (χ0v) is 15.2. The number of nitrogens with one attached hydrogen (secondary N) is 1. The maximum Gasteiger partial charge on any atom is 0.433 e. The smallest absolute Gasteiger partial charge is 0.401 e. The Kier molecular flexibility index (Phi) is 4.77. The number of furan rings is 1. The predicted molar refractivity (Wildman–Crippen MR) is 109 cm³/mol. The molecule has 28 heavy (non-hydrogen) atoms. The van der Waals surface area contributed by atoms with Crippen LogP contribution in [0.15, 0.2) is 81.1 Å². The van der Waals surface area contributed by atoms with E-state index in [0.29, 0.717) is 15.8 Å². The topological polar surface area (TPSA) is 97.7 Å². The van der Waals surface area contributed by atoms with Gasteiger partial charge in [-0.3, -0.25) is 14.9 Å². The van der Waals surface area contributed by atoms with Gasteiger partial charge < -0.3 is 9.73 Å². The normalized spacial score (nSPS) is 17.1. The quantitative estimate of drug-likeness (QED) is 0.392. The summed E-state index contributed by atoms with van der Waals surface area (Å²) in [6, 6.07) is 16.5. The summed E-state index contributed by atoms with van der Waals surface area (Å²) < 4.78 is 5.03. The third-order valence-corrected chi connectivity index (χ3v) is 4.87. The number of aliphatic imine (C=N–C) groups is 1. The number of carbonyl (C=O) groups is 1. The number of amidine groups is 1. The molecule has 0 unspecified atom stereocenters. The first-order valence-corrected chi connectivity index (χ1v) is 9.10. The van der Waals surface area contributed by atoms with E-state index in [2.05, 4.69) is 10.3 Å². The lowest BCUT2D eigenvalue weighted by atomic mass is 10.1. The molecule has 2 aromatic carbocycles. The number of allylic oxidation sites excluding steroid dienone is 2. The van der Waals surface area contributed by atoms with Crippen molar-refractivity contribution in [3.63, 3.8) is 0 Å². The lowest BCUT2D eigenvalue weighted by molar-refractivity contribution is -0.402. The second-order valence-corrected chi connectivity index (χ2v) is 6.83. The van der Waals surface area contributed by atoms with Crippen molar-refractivity contribution in [3.8, 4) is 0 Å². The number of rotatable bonds is 4. The molecular weight excluding hydrogens is 378 g/mol. The Balaban J connectivity index is 1.53. The van der Waals surface area contributed by atoms with Gasteiger partial charge in [0.2, 0.25) is 0 Å². The molecule has 3 aromatic rings. The Labute approximate surface area is 163 Å². The first kappa shape index (κ1) is 17.7. The molecule has 8 heteroatoms. The van der Waals surface area contributed by atoms with E-state index in [1.165, 1.54) is 23.9 Å². The summed E-state index contributed by atoms with van der Waals surface area (Å²) in [5, 5.41) is 15.9. The van der Waals surface area contributed by atoms with Gasteiger partial charge in [0.15, 0.2) is 5.17 Å². The second kappa shape index (κ2) is 7.53. The fourth-order valence-electron chi connectivity index (χ4n) is 2.67. The molecular formula is C20H13N3O4S. The van der Waals surface area contributed by atoms with E-state index in [4.69, 9.17) is 4.42 Å². The van der Waals surface area contributed by atoms with Crippen molar-refractivity contribution < 1.29 is 14.1 Å². The number of benzene rings is 2. The first-order chi connectivity index (χ1) is 13.6. The number of nitrogens with zero attached hydrogens (tertiary/aromatic N) is 2. The monoisotopic (exact) mass is 391 g/mol. The van der Waals surface area contributed by atoms with Crippen LogP contribution in [0.4, 0.5) is 11.6 Å². The maximum atomic E-state index is 12.1. The number of amides is 1. The largest absolute Gasteiger partial charge is 0.433 e. The van der Waals surface area contributed by atoms with Crippen LogP contribution in [0.1, 0.15) is 5.76 Å². The summed E-state index contributed by atoms with van der Waals surface area (Å²) in [5.41, 5.74) is 0.778. The van der Waals surface area contributed by atoms with E-state index in [9.17, 15) is 14.9 Å². The van der Waals surface area contributed by atoms with E-state index >= 15 is 0 Å². The van der Waals surface area contributed by atoms with Gasteiger partial charge in [-0.05, 0) is 41.4 Å². The molecule has 1 aliphatic heterocycles. The van der Waals surface area contributed by atoms with Gasteiger partial charge in [-0.2, -0.15) is 0 Å². The van der Waals surface area contributed by atoms with E-state index < -0.39 is 4.92 Å². The molecule has 1 aromatic heterocycles. The summed E-state index contributed by atoms with van der Waals surface area (Å²) >= 11 is 1.23. The van der Waals surface area contributed by atoms with Gasteiger partial charge in [0.25, 0.3) is 5.91 Å². The van der Waals surface area contributed by atoms with Crippen molar-refractivity contribution >= 4 is 51.3 Å². The van der Waals surface area contributed by atoms with Gasteiger partial charge in [-0.15, -0.1) is 0 Å². The first-order valence-electron chi connectivity index (χ1n) is 8.28. The highest BCUT2D eigenvalue weighted by Crippen LogP contribution is 2.30. The molecule has 1 fully saturated rings. The van der Waals surface area contributed by atoms with Crippen LogP contribution in [0, 0.1) is 10.1 Å². The number of nitro groups is 1. The van der Waals surface area contributed by atoms with Crippen molar-refractivity contribution in [1.29, 1.82) is 0 Å². The molecule has 1 amide bonds. The van der Waals surface area contributed by atoms with Crippen molar-refractivity contribution in [2.75, 3.05) is 0 Å². The molecule has 0 atom stereocenters. The summed E-state index contributed by atoms with van der Waals surface area (Å²) in [6.45, 7) is 0. The average Bonchev–Trinajstić information content (AvgIpc) is 3.29. The number of hydrogen-bond donors (Lipinski definition) is 1. The van der Waals surface area contributed by atoms with Gasteiger partial charge in [0.05, 0.1) is 16.7 Å². The Bertz CT molecular complexity index is 1170. The van der Waals surface area contributed by atoms with E-state index in [0.717, 1.165) is 16.5 Å². The second-order valence-electron chi connectivity index (χ2n) is 5.79. The molecule has 4 rings (SSSR count). The maximum absolute atomic E-state index is 12.1. The standard InChI is InChI=1S/C20H13N3O4S/c24-19-17(10-4-7-14-11-12-18(27-14)23(25)26)28-20(22-19)21-16-9-3-6-13-5-1-2-8-15(13)16/h1-12H,(H,21,22,24)/b7-4+,17-10-. The zero-order chi connectivity index (χ0) is 19.5. The molecule has 0 radical (unpaired) electrons.